The molecule has 0 radical (unpaired) electrons. The number of imidazole rings is 1. The molecule has 0 spiro atoms. The molecule has 168 valence electrons. The van der Waals surface area contributed by atoms with Crippen molar-refractivity contribution in [1.82, 2.24) is 24.3 Å². The number of ether oxygens (including phenoxy) is 2. The Hall–Kier alpha value is -3.78. The van der Waals surface area contributed by atoms with Crippen LogP contribution in [-0.2, 0) is 16.9 Å². The van der Waals surface area contributed by atoms with Crippen molar-refractivity contribution in [3.8, 4) is 11.4 Å². The molecule has 0 N–H and O–H groups in total. The molecule has 1 atom stereocenters. The van der Waals surface area contributed by atoms with Crippen LogP contribution < -0.4 is 4.74 Å². The van der Waals surface area contributed by atoms with Gasteiger partial charge in [0.1, 0.15) is 11.6 Å². The summed E-state index contributed by atoms with van der Waals surface area (Å²) >= 11 is 0. The molecule has 33 heavy (non-hydrogen) atoms. The molecule has 5 rings (SSSR count). The Morgan fingerprint density at radius 1 is 1.09 bits per heavy atom. The van der Waals surface area contributed by atoms with Gasteiger partial charge < -0.3 is 14.0 Å². The molecule has 0 amide bonds. The summed E-state index contributed by atoms with van der Waals surface area (Å²) in [4.78, 5) is 9.02. The number of fused-ring (bicyclic) bond motifs is 1. The van der Waals surface area contributed by atoms with Gasteiger partial charge in [0, 0.05) is 26.3 Å². The summed E-state index contributed by atoms with van der Waals surface area (Å²) in [7, 11) is 3.30. The SMILES string of the molecule is COc1cc(/C=C/c2nc3n(n2)CCC3(OC)c2ccc(F)cc2)ccc1-n1cnc(C)c1. The third-order valence-corrected chi connectivity index (χ3v) is 6.00. The number of aromatic nitrogens is 5. The van der Waals surface area contributed by atoms with Crippen LogP contribution in [0.5, 0.6) is 5.75 Å². The van der Waals surface area contributed by atoms with Crippen LogP contribution in [0.1, 0.15) is 34.9 Å². The predicted octanol–water partition coefficient (Wildman–Crippen LogP) is 4.38. The number of hydrogen-bond donors (Lipinski definition) is 0. The van der Waals surface area contributed by atoms with Crippen LogP contribution in [0, 0.1) is 12.7 Å². The van der Waals surface area contributed by atoms with E-state index in [0.29, 0.717) is 18.8 Å². The van der Waals surface area contributed by atoms with Crippen LogP contribution >= 0.6 is 0 Å². The Morgan fingerprint density at radius 2 is 1.91 bits per heavy atom. The predicted molar refractivity (Wildman–Crippen MR) is 123 cm³/mol. The Balaban J connectivity index is 1.43. The van der Waals surface area contributed by atoms with Gasteiger partial charge in [-0.05, 0) is 48.4 Å². The lowest BCUT2D eigenvalue weighted by atomic mass is 9.91. The molecular formula is C25H24FN5O2. The minimum atomic E-state index is -0.736. The van der Waals surface area contributed by atoms with E-state index in [9.17, 15) is 4.39 Å². The highest BCUT2D eigenvalue weighted by molar-refractivity contribution is 5.69. The van der Waals surface area contributed by atoms with Crippen molar-refractivity contribution in [2.45, 2.75) is 25.5 Å². The quantitative estimate of drug-likeness (QED) is 0.441. The van der Waals surface area contributed by atoms with Crippen molar-refractivity contribution in [2.75, 3.05) is 14.2 Å². The van der Waals surface area contributed by atoms with Crippen LogP contribution in [0.4, 0.5) is 4.39 Å². The number of benzene rings is 2. The van der Waals surface area contributed by atoms with Gasteiger partial charge in [0.15, 0.2) is 17.2 Å². The zero-order valence-corrected chi connectivity index (χ0v) is 18.7. The average Bonchev–Trinajstić information content (AvgIpc) is 3.53. The van der Waals surface area contributed by atoms with E-state index in [4.69, 9.17) is 14.5 Å². The van der Waals surface area contributed by atoms with Gasteiger partial charge in [-0.15, -0.1) is 0 Å². The van der Waals surface area contributed by atoms with E-state index in [1.54, 1.807) is 32.7 Å². The first kappa shape index (κ1) is 21.1. The maximum Gasteiger partial charge on any atom is 0.174 e. The molecule has 3 heterocycles. The molecule has 1 aliphatic rings. The van der Waals surface area contributed by atoms with E-state index >= 15 is 0 Å². The van der Waals surface area contributed by atoms with Gasteiger partial charge >= 0.3 is 0 Å². The summed E-state index contributed by atoms with van der Waals surface area (Å²) in [5.41, 5.74) is 2.94. The van der Waals surface area contributed by atoms with Crippen molar-refractivity contribution in [3.63, 3.8) is 0 Å². The summed E-state index contributed by atoms with van der Waals surface area (Å²) in [6, 6.07) is 12.3. The van der Waals surface area contributed by atoms with Crippen molar-refractivity contribution >= 4 is 12.2 Å². The van der Waals surface area contributed by atoms with Crippen LogP contribution in [-0.4, -0.2) is 38.5 Å². The van der Waals surface area contributed by atoms with Crippen LogP contribution in [0.3, 0.4) is 0 Å². The molecule has 0 bridgehead atoms. The lowest BCUT2D eigenvalue weighted by Gasteiger charge is -2.26. The topological polar surface area (TPSA) is 67.0 Å². The van der Waals surface area contributed by atoms with E-state index in [1.165, 1.54) is 12.1 Å². The highest BCUT2D eigenvalue weighted by Gasteiger charge is 2.44. The third kappa shape index (κ3) is 3.72. The van der Waals surface area contributed by atoms with Crippen LogP contribution in [0.25, 0.3) is 17.8 Å². The molecule has 8 heteroatoms. The summed E-state index contributed by atoms with van der Waals surface area (Å²) in [6.07, 6.45) is 8.23. The molecular weight excluding hydrogens is 421 g/mol. The second-order valence-corrected chi connectivity index (χ2v) is 7.99. The number of rotatable bonds is 6. The second kappa shape index (κ2) is 8.29. The van der Waals surface area contributed by atoms with Gasteiger partial charge in [0.05, 0.1) is 24.8 Å². The van der Waals surface area contributed by atoms with Crippen LogP contribution in [0.2, 0.25) is 0 Å². The molecule has 0 saturated carbocycles. The number of hydrogen-bond acceptors (Lipinski definition) is 5. The van der Waals surface area contributed by atoms with E-state index in [0.717, 1.165) is 34.1 Å². The normalized spacial score (nSPS) is 17.6. The van der Waals surface area contributed by atoms with E-state index < -0.39 is 5.60 Å². The molecule has 2 aromatic heterocycles. The molecule has 0 aliphatic carbocycles. The van der Waals surface area contributed by atoms with Crippen LogP contribution in [0.15, 0.2) is 55.0 Å². The Labute approximate surface area is 191 Å². The highest BCUT2D eigenvalue weighted by Crippen LogP contribution is 2.40. The average molecular weight is 445 g/mol. The first-order chi connectivity index (χ1) is 16.0. The fourth-order valence-corrected chi connectivity index (χ4v) is 4.30. The van der Waals surface area contributed by atoms with Gasteiger partial charge in [-0.3, -0.25) is 0 Å². The van der Waals surface area contributed by atoms with E-state index in [1.807, 2.05) is 52.7 Å². The van der Waals surface area contributed by atoms with E-state index in [-0.39, 0.29) is 5.82 Å². The van der Waals surface area contributed by atoms with Crippen molar-refractivity contribution < 1.29 is 13.9 Å². The first-order valence-electron chi connectivity index (χ1n) is 10.7. The van der Waals surface area contributed by atoms with E-state index in [2.05, 4.69) is 10.1 Å². The van der Waals surface area contributed by atoms with Gasteiger partial charge in [0.2, 0.25) is 0 Å². The molecule has 1 aliphatic heterocycles. The summed E-state index contributed by atoms with van der Waals surface area (Å²) in [6.45, 7) is 2.62. The van der Waals surface area contributed by atoms with Crippen molar-refractivity contribution in [3.05, 3.63) is 89.3 Å². The molecule has 0 saturated heterocycles. The first-order valence-corrected chi connectivity index (χ1v) is 10.7. The van der Waals surface area contributed by atoms with Crippen molar-refractivity contribution in [2.24, 2.45) is 0 Å². The maximum absolute atomic E-state index is 13.4. The second-order valence-electron chi connectivity index (χ2n) is 7.99. The molecule has 7 nitrogen and oxygen atoms in total. The Kier molecular flexibility index (Phi) is 5.30. The number of nitrogens with zero attached hydrogens (tertiary/aromatic N) is 5. The van der Waals surface area contributed by atoms with Gasteiger partial charge in [-0.25, -0.2) is 19.0 Å². The standard InChI is InChI=1S/C25H24FN5O2/c1-17-15-30(16-27-17)21-10-4-18(14-22(21)32-2)5-11-23-28-24-25(33-3,12-13-31(24)29-23)19-6-8-20(26)9-7-19/h4-11,14-16H,12-13H2,1-3H3/b11-5+. The zero-order chi connectivity index (χ0) is 23.0. The maximum atomic E-state index is 13.4. The Morgan fingerprint density at radius 3 is 2.61 bits per heavy atom. The lowest BCUT2D eigenvalue weighted by molar-refractivity contribution is 0.0202. The summed E-state index contributed by atoms with van der Waals surface area (Å²) in [5.74, 6) is 1.77. The number of aryl methyl sites for hydroxylation is 2. The molecule has 0 fully saturated rings. The summed E-state index contributed by atoms with van der Waals surface area (Å²) in [5, 5.41) is 4.62. The number of halogens is 1. The molecule has 4 aromatic rings. The summed E-state index contributed by atoms with van der Waals surface area (Å²) < 4.78 is 28.7. The minimum absolute atomic E-state index is 0.280. The lowest BCUT2D eigenvalue weighted by Crippen LogP contribution is -2.28. The smallest absolute Gasteiger partial charge is 0.174 e. The highest BCUT2D eigenvalue weighted by atomic mass is 19.1. The monoisotopic (exact) mass is 445 g/mol. The fourth-order valence-electron chi connectivity index (χ4n) is 4.30. The number of methoxy groups -OCH3 is 2. The van der Waals surface area contributed by atoms with Gasteiger partial charge in [-0.1, -0.05) is 24.3 Å². The third-order valence-electron chi connectivity index (χ3n) is 6.00. The largest absolute Gasteiger partial charge is 0.495 e. The fraction of sp³-hybridized carbons (Fsp3) is 0.240. The van der Waals surface area contributed by atoms with Gasteiger partial charge in [0.25, 0.3) is 0 Å². The Bertz CT molecular complexity index is 1330. The molecule has 1 unspecified atom stereocenters. The zero-order valence-electron chi connectivity index (χ0n) is 18.7. The van der Waals surface area contributed by atoms with Gasteiger partial charge in [-0.2, -0.15) is 5.10 Å². The van der Waals surface area contributed by atoms with Crippen molar-refractivity contribution in [1.29, 1.82) is 0 Å². The molecule has 2 aromatic carbocycles. The minimum Gasteiger partial charge on any atom is -0.495 e.